The minimum Gasteiger partial charge on any atom is -0.483 e. The van der Waals surface area contributed by atoms with Crippen molar-refractivity contribution in [1.29, 1.82) is 0 Å². The van der Waals surface area contributed by atoms with E-state index in [-0.39, 0.29) is 12.5 Å². The van der Waals surface area contributed by atoms with Gasteiger partial charge >= 0.3 is 0 Å². The van der Waals surface area contributed by atoms with Gasteiger partial charge in [-0.2, -0.15) is 0 Å². The van der Waals surface area contributed by atoms with Crippen LogP contribution < -0.4 is 10.1 Å². The summed E-state index contributed by atoms with van der Waals surface area (Å²) >= 11 is 9.13. The number of benzene rings is 1. The van der Waals surface area contributed by atoms with Gasteiger partial charge in [-0.25, -0.2) is 4.98 Å². The zero-order chi connectivity index (χ0) is 13.7. The maximum Gasteiger partial charge on any atom is 0.258 e. The number of ether oxygens (including phenoxy) is 1. The van der Waals surface area contributed by atoms with Gasteiger partial charge in [0.15, 0.2) is 6.61 Å². The smallest absolute Gasteiger partial charge is 0.258 e. The summed E-state index contributed by atoms with van der Waals surface area (Å²) in [5.41, 5.74) is 0.834. The first-order valence-corrected chi connectivity index (χ1v) is 6.64. The summed E-state index contributed by atoms with van der Waals surface area (Å²) in [7, 11) is 0. The lowest BCUT2D eigenvalue weighted by Crippen LogP contribution is -2.28. The van der Waals surface area contributed by atoms with Crippen molar-refractivity contribution in [3.8, 4) is 5.75 Å². The summed E-state index contributed by atoms with van der Waals surface area (Å²) in [5, 5.41) is 3.31. The third-order valence-corrected chi connectivity index (χ3v) is 3.14. The number of halogens is 2. The molecular weight excluding hydrogens is 334 g/mol. The normalized spacial score (nSPS) is 10.2. The Labute approximate surface area is 123 Å². The fraction of sp³-hybridized carbons (Fsp3) is 0.167. The number of carbonyl (C=O) groups excluding carboxylic acids is 1. The monoisotopic (exact) mass is 343 g/mol. The number of nitrogens with zero attached hydrogens (tertiary/aromatic N) is 1. The average Bonchev–Trinajstić information content (AvgIpc) is 2.88. The molecule has 0 aliphatic rings. The van der Waals surface area contributed by atoms with Crippen molar-refractivity contribution in [1.82, 2.24) is 15.3 Å². The van der Waals surface area contributed by atoms with E-state index in [1.54, 1.807) is 30.7 Å². The topological polar surface area (TPSA) is 67.0 Å². The molecule has 0 spiro atoms. The number of imidazole rings is 1. The standard InChI is InChI=1S/C12H11BrClN3O2/c13-10-3-8(14)1-2-11(10)19-6-12(18)16-5-9-4-15-7-17-9/h1-4,7H,5-6H2,(H,15,17)(H,16,18). The number of aromatic nitrogens is 2. The van der Waals surface area contributed by atoms with E-state index in [1.165, 1.54) is 0 Å². The van der Waals surface area contributed by atoms with Gasteiger partial charge in [-0.05, 0) is 34.1 Å². The predicted molar refractivity (Wildman–Crippen MR) is 75.1 cm³/mol. The molecule has 0 atom stereocenters. The molecule has 5 nitrogen and oxygen atoms in total. The molecule has 7 heteroatoms. The van der Waals surface area contributed by atoms with Crippen molar-refractivity contribution >= 4 is 33.4 Å². The average molecular weight is 345 g/mol. The molecule has 1 aromatic carbocycles. The Morgan fingerprint density at radius 3 is 3.05 bits per heavy atom. The van der Waals surface area contributed by atoms with E-state index in [2.05, 4.69) is 31.2 Å². The highest BCUT2D eigenvalue weighted by Gasteiger charge is 2.06. The quantitative estimate of drug-likeness (QED) is 0.876. The molecule has 2 rings (SSSR count). The van der Waals surface area contributed by atoms with Crippen molar-refractivity contribution in [2.75, 3.05) is 6.61 Å². The summed E-state index contributed by atoms with van der Waals surface area (Å²) in [6.45, 7) is 0.332. The van der Waals surface area contributed by atoms with Gasteiger partial charge in [0.25, 0.3) is 5.91 Å². The van der Waals surface area contributed by atoms with E-state index in [0.29, 0.717) is 21.8 Å². The van der Waals surface area contributed by atoms with Crippen molar-refractivity contribution in [3.63, 3.8) is 0 Å². The molecule has 1 aromatic heterocycles. The minimum absolute atomic E-state index is 0.0611. The number of rotatable bonds is 5. The molecule has 0 saturated carbocycles. The first-order valence-electron chi connectivity index (χ1n) is 5.47. The van der Waals surface area contributed by atoms with Crippen molar-refractivity contribution in [2.45, 2.75) is 6.54 Å². The number of nitrogens with one attached hydrogen (secondary N) is 2. The molecule has 1 amide bonds. The van der Waals surface area contributed by atoms with Crippen molar-refractivity contribution < 1.29 is 9.53 Å². The molecule has 2 aromatic rings. The van der Waals surface area contributed by atoms with E-state index in [1.807, 2.05) is 0 Å². The van der Waals surface area contributed by atoms with Crippen LogP contribution in [0.3, 0.4) is 0 Å². The van der Waals surface area contributed by atoms with E-state index >= 15 is 0 Å². The Bertz CT molecular complexity index is 560. The van der Waals surface area contributed by atoms with E-state index in [0.717, 1.165) is 5.69 Å². The SMILES string of the molecule is O=C(COc1ccc(Cl)cc1Br)NCc1cnc[nH]1. The summed E-state index contributed by atoms with van der Waals surface area (Å²) < 4.78 is 6.09. The minimum atomic E-state index is -0.212. The molecular formula is C12H11BrClN3O2. The Hall–Kier alpha value is -1.53. The molecule has 2 N–H and O–H groups in total. The lowest BCUT2D eigenvalue weighted by Gasteiger charge is -2.08. The Morgan fingerprint density at radius 2 is 2.37 bits per heavy atom. The van der Waals surface area contributed by atoms with Crippen LogP contribution in [-0.2, 0) is 11.3 Å². The van der Waals surface area contributed by atoms with Gasteiger partial charge in [-0.3, -0.25) is 4.79 Å². The molecule has 1 heterocycles. The van der Waals surface area contributed by atoms with Gasteiger partial charge in [0.05, 0.1) is 23.0 Å². The number of hydrogen-bond acceptors (Lipinski definition) is 3. The number of carbonyl (C=O) groups is 1. The molecule has 100 valence electrons. The van der Waals surface area contributed by atoms with Gasteiger partial charge in [-0.1, -0.05) is 11.6 Å². The fourth-order valence-corrected chi connectivity index (χ4v) is 2.16. The van der Waals surface area contributed by atoms with Crippen LogP contribution in [-0.4, -0.2) is 22.5 Å². The summed E-state index contributed by atoms with van der Waals surface area (Å²) in [5.74, 6) is 0.359. The van der Waals surface area contributed by atoms with Crippen molar-refractivity contribution in [2.24, 2.45) is 0 Å². The zero-order valence-electron chi connectivity index (χ0n) is 9.82. The number of amides is 1. The number of H-pyrrole nitrogens is 1. The summed E-state index contributed by atoms with van der Waals surface area (Å²) in [4.78, 5) is 18.3. The van der Waals surface area contributed by atoms with E-state index in [9.17, 15) is 4.79 Å². The van der Waals surface area contributed by atoms with Crippen LogP contribution in [0.5, 0.6) is 5.75 Å². The molecule has 0 fully saturated rings. The van der Waals surface area contributed by atoms with Gasteiger partial charge in [0.2, 0.25) is 0 Å². The van der Waals surface area contributed by atoms with Gasteiger partial charge in [0, 0.05) is 11.2 Å². The van der Waals surface area contributed by atoms with Crippen LogP contribution >= 0.6 is 27.5 Å². The third kappa shape index (κ3) is 4.25. The van der Waals surface area contributed by atoms with Crippen LogP contribution in [0, 0.1) is 0 Å². The van der Waals surface area contributed by atoms with Crippen LogP contribution in [0.2, 0.25) is 5.02 Å². The van der Waals surface area contributed by atoms with E-state index < -0.39 is 0 Å². The fourth-order valence-electron chi connectivity index (χ4n) is 1.36. The van der Waals surface area contributed by atoms with Crippen LogP contribution in [0.4, 0.5) is 0 Å². The highest BCUT2D eigenvalue weighted by atomic mass is 79.9. The molecule has 0 bridgehead atoms. The van der Waals surface area contributed by atoms with Crippen LogP contribution in [0.25, 0.3) is 0 Å². The Balaban J connectivity index is 1.80. The highest BCUT2D eigenvalue weighted by molar-refractivity contribution is 9.10. The highest BCUT2D eigenvalue weighted by Crippen LogP contribution is 2.27. The van der Waals surface area contributed by atoms with Gasteiger partial charge < -0.3 is 15.0 Å². The number of hydrogen-bond donors (Lipinski definition) is 2. The van der Waals surface area contributed by atoms with Crippen LogP contribution in [0.1, 0.15) is 5.69 Å². The Kier molecular flexibility index (Phi) is 4.81. The van der Waals surface area contributed by atoms with Gasteiger partial charge in [-0.15, -0.1) is 0 Å². The largest absolute Gasteiger partial charge is 0.483 e. The molecule has 0 saturated heterocycles. The lowest BCUT2D eigenvalue weighted by molar-refractivity contribution is -0.123. The zero-order valence-corrected chi connectivity index (χ0v) is 12.2. The second kappa shape index (κ2) is 6.58. The third-order valence-electron chi connectivity index (χ3n) is 2.28. The predicted octanol–water partition coefficient (Wildman–Crippen LogP) is 2.52. The second-order valence-corrected chi connectivity index (χ2v) is 5.01. The molecule has 19 heavy (non-hydrogen) atoms. The summed E-state index contributed by atoms with van der Waals surface area (Å²) in [6, 6.07) is 5.11. The van der Waals surface area contributed by atoms with Crippen LogP contribution in [0.15, 0.2) is 35.2 Å². The Morgan fingerprint density at radius 1 is 1.53 bits per heavy atom. The number of aromatic amines is 1. The summed E-state index contributed by atoms with van der Waals surface area (Å²) in [6.07, 6.45) is 3.21. The maximum atomic E-state index is 11.6. The molecule has 0 aliphatic carbocycles. The van der Waals surface area contributed by atoms with Crippen molar-refractivity contribution in [3.05, 3.63) is 45.9 Å². The van der Waals surface area contributed by atoms with Gasteiger partial charge in [0.1, 0.15) is 5.75 Å². The second-order valence-electron chi connectivity index (χ2n) is 3.72. The van der Waals surface area contributed by atoms with E-state index in [4.69, 9.17) is 16.3 Å². The first kappa shape index (κ1) is 13.9. The molecule has 0 radical (unpaired) electrons. The lowest BCUT2D eigenvalue weighted by atomic mass is 10.3. The first-order chi connectivity index (χ1) is 9.15. The maximum absolute atomic E-state index is 11.6. The molecule has 0 aliphatic heterocycles. The molecule has 0 unspecified atom stereocenters.